The van der Waals surface area contributed by atoms with Crippen molar-refractivity contribution in [1.29, 1.82) is 0 Å². The summed E-state index contributed by atoms with van der Waals surface area (Å²) in [5.74, 6) is 0.518. The minimum Gasteiger partial charge on any atom is -0.392 e. The number of nitrogens with zero attached hydrogens (tertiary/aromatic N) is 4. The van der Waals surface area contributed by atoms with Crippen LogP contribution in [0.25, 0.3) is 21.9 Å². The normalized spacial score (nSPS) is 25.0. The molecule has 0 unspecified atom stereocenters. The Kier molecular flexibility index (Phi) is 5.87. The van der Waals surface area contributed by atoms with E-state index in [1.807, 2.05) is 33.2 Å². The molecule has 1 aliphatic carbocycles. The maximum atomic E-state index is 9.96. The molecule has 4 heterocycles. The SMILES string of the molecule is CNc1ccc2ccc(CC[C@H]3C[C@@H](n4cc(CO)c5c(Cl)ncnc54)[C@@H]4OC(C)(C)O[C@H]34)cc2n1. The monoisotopic (exact) mass is 507 g/mol. The van der Waals surface area contributed by atoms with Gasteiger partial charge in [-0.2, -0.15) is 0 Å². The number of pyridine rings is 1. The third-order valence-corrected chi connectivity index (χ3v) is 7.82. The van der Waals surface area contributed by atoms with E-state index in [1.54, 1.807) is 0 Å². The van der Waals surface area contributed by atoms with Gasteiger partial charge in [0.15, 0.2) is 5.79 Å². The maximum Gasteiger partial charge on any atom is 0.163 e. The number of hydrogen-bond donors (Lipinski definition) is 2. The lowest BCUT2D eigenvalue weighted by Gasteiger charge is -2.24. The molecule has 1 saturated heterocycles. The van der Waals surface area contributed by atoms with Crippen molar-refractivity contribution < 1.29 is 14.6 Å². The number of aliphatic hydroxyl groups excluding tert-OH is 1. The van der Waals surface area contributed by atoms with Gasteiger partial charge in [-0.25, -0.2) is 15.0 Å². The van der Waals surface area contributed by atoms with E-state index in [9.17, 15) is 5.11 Å². The summed E-state index contributed by atoms with van der Waals surface area (Å²) in [6.45, 7) is 3.81. The lowest BCUT2D eigenvalue weighted by Crippen LogP contribution is -2.27. The summed E-state index contributed by atoms with van der Waals surface area (Å²) in [6, 6.07) is 10.6. The molecule has 0 radical (unpaired) electrons. The first-order valence-electron chi connectivity index (χ1n) is 12.4. The lowest BCUT2D eigenvalue weighted by molar-refractivity contribution is -0.160. The van der Waals surface area contributed by atoms with Gasteiger partial charge in [0.05, 0.1) is 29.7 Å². The van der Waals surface area contributed by atoms with Crippen molar-refractivity contribution in [1.82, 2.24) is 19.5 Å². The molecular weight excluding hydrogens is 478 g/mol. The van der Waals surface area contributed by atoms with E-state index in [2.05, 4.69) is 44.1 Å². The zero-order chi connectivity index (χ0) is 25.0. The molecule has 1 aliphatic heterocycles. The van der Waals surface area contributed by atoms with Crippen molar-refractivity contribution in [3.63, 3.8) is 0 Å². The zero-order valence-electron chi connectivity index (χ0n) is 20.6. The van der Waals surface area contributed by atoms with Crippen LogP contribution in [-0.2, 0) is 22.5 Å². The maximum absolute atomic E-state index is 9.96. The molecule has 4 aromatic rings. The third-order valence-electron chi connectivity index (χ3n) is 7.54. The highest BCUT2D eigenvalue weighted by molar-refractivity contribution is 6.34. The van der Waals surface area contributed by atoms with Gasteiger partial charge in [0.25, 0.3) is 0 Å². The van der Waals surface area contributed by atoms with Crippen LogP contribution >= 0.6 is 11.6 Å². The summed E-state index contributed by atoms with van der Waals surface area (Å²) in [6.07, 6.45) is 6.05. The van der Waals surface area contributed by atoms with Crippen LogP contribution in [0.5, 0.6) is 0 Å². The van der Waals surface area contributed by atoms with Gasteiger partial charge in [-0.15, -0.1) is 0 Å². The van der Waals surface area contributed by atoms with Crippen LogP contribution in [0.15, 0.2) is 42.9 Å². The van der Waals surface area contributed by atoms with Gasteiger partial charge in [0.2, 0.25) is 0 Å². The molecule has 3 aromatic heterocycles. The molecule has 1 saturated carbocycles. The first-order chi connectivity index (χ1) is 17.4. The Bertz CT molecular complexity index is 1440. The summed E-state index contributed by atoms with van der Waals surface area (Å²) in [5, 5.41) is 15.3. The molecule has 6 rings (SSSR count). The number of ether oxygens (including phenoxy) is 2. The smallest absolute Gasteiger partial charge is 0.163 e. The molecule has 9 heteroatoms. The summed E-state index contributed by atoms with van der Waals surface area (Å²) in [7, 11) is 1.88. The number of benzene rings is 1. The van der Waals surface area contributed by atoms with E-state index in [4.69, 9.17) is 26.1 Å². The molecular formula is C27H30ClN5O3. The Morgan fingerprint density at radius 1 is 1.17 bits per heavy atom. The molecule has 188 valence electrons. The summed E-state index contributed by atoms with van der Waals surface area (Å²) < 4.78 is 15.0. The Labute approximate surface area is 214 Å². The number of aryl methyl sites for hydroxylation is 1. The molecule has 36 heavy (non-hydrogen) atoms. The lowest BCUT2D eigenvalue weighted by atomic mass is 9.95. The van der Waals surface area contributed by atoms with Crippen molar-refractivity contribution in [3.8, 4) is 0 Å². The summed E-state index contributed by atoms with van der Waals surface area (Å²) in [5.41, 5.74) is 3.70. The predicted octanol–water partition coefficient (Wildman–Crippen LogP) is 4.88. The first kappa shape index (κ1) is 23.6. The van der Waals surface area contributed by atoms with Crippen molar-refractivity contribution in [2.45, 2.75) is 63.8 Å². The van der Waals surface area contributed by atoms with Gasteiger partial charge >= 0.3 is 0 Å². The minimum atomic E-state index is -0.655. The zero-order valence-corrected chi connectivity index (χ0v) is 21.4. The van der Waals surface area contributed by atoms with Crippen LogP contribution in [0.1, 0.15) is 43.9 Å². The second-order valence-electron chi connectivity index (χ2n) is 10.2. The predicted molar refractivity (Wildman–Crippen MR) is 139 cm³/mol. The second kappa shape index (κ2) is 8.95. The van der Waals surface area contributed by atoms with E-state index < -0.39 is 5.79 Å². The number of fused-ring (bicyclic) bond motifs is 3. The van der Waals surface area contributed by atoms with Gasteiger partial charge in [0.1, 0.15) is 29.0 Å². The van der Waals surface area contributed by atoms with Crippen molar-refractivity contribution in [3.05, 3.63) is 59.1 Å². The van der Waals surface area contributed by atoms with Crippen LogP contribution in [-0.4, -0.2) is 49.7 Å². The van der Waals surface area contributed by atoms with Crippen LogP contribution in [0.4, 0.5) is 5.82 Å². The van der Waals surface area contributed by atoms with Gasteiger partial charge in [-0.1, -0.05) is 23.7 Å². The Balaban J connectivity index is 1.29. The van der Waals surface area contributed by atoms with Crippen molar-refractivity contribution >= 4 is 39.4 Å². The Morgan fingerprint density at radius 3 is 2.78 bits per heavy atom. The molecule has 0 bridgehead atoms. The highest BCUT2D eigenvalue weighted by atomic mass is 35.5. The van der Waals surface area contributed by atoms with E-state index in [-0.39, 0.29) is 24.9 Å². The largest absolute Gasteiger partial charge is 0.392 e. The third kappa shape index (κ3) is 4.02. The van der Waals surface area contributed by atoms with Gasteiger partial charge in [-0.3, -0.25) is 0 Å². The van der Waals surface area contributed by atoms with Crippen LogP contribution in [0, 0.1) is 5.92 Å². The fraction of sp³-hybridized carbons (Fsp3) is 0.444. The Morgan fingerprint density at radius 2 is 1.97 bits per heavy atom. The number of rotatable bonds is 6. The minimum absolute atomic E-state index is 0.0204. The average molecular weight is 508 g/mol. The van der Waals surface area contributed by atoms with E-state index in [0.717, 1.165) is 47.2 Å². The van der Waals surface area contributed by atoms with Crippen LogP contribution in [0.3, 0.4) is 0 Å². The van der Waals surface area contributed by atoms with Gasteiger partial charge < -0.3 is 24.5 Å². The van der Waals surface area contributed by atoms with Gasteiger partial charge in [0, 0.05) is 24.2 Å². The molecule has 2 fully saturated rings. The standard InChI is InChI=1S/C27H30ClN5O3/c1-27(2)35-23-17(7-5-15-4-6-16-8-9-21(29-3)32-19(16)10-15)11-20(24(23)36-27)33-12-18(13-34)22-25(28)30-14-31-26(22)33/h4,6,8-10,12,14,17,20,23-24,34H,5,7,11,13H2,1-3H3,(H,29,32)/t17-,20+,23+,24-/m0/s1. The summed E-state index contributed by atoms with van der Waals surface area (Å²) in [4.78, 5) is 13.3. The molecule has 4 atom stereocenters. The molecule has 0 amide bonds. The first-order valence-corrected chi connectivity index (χ1v) is 12.8. The average Bonchev–Trinajstić information content (AvgIpc) is 3.51. The molecule has 1 aromatic carbocycles. The van der Waals surface area contributed by atoms with E-state index in [0.29, 0.717) is 16.5 Å². The van der Waals surface area contributed by atoms with Crippen molar-refractivity contribution in [2.24, 2.45) is 5.92 Å². The number of nitrogens with one attached hydrogen (secondary N) is 1. The molecule has 2 aliphatic rings. The molecule has 2 N–H and O–H groups in total. The highest BCUT2D eigenvalue weighted by Gasteiger charge is 2.54. The molecule has 8 nitrogen and oxygen atoms in total. The fourth-order valence-electron chi connectivity index (χ4n) is 5.92. The second-order valence-corrected chi connectivity index (χ2v) is 10.6. The highest BCUT2D eigenvalue weighted by Crippen LogP contribution is 2.49. The van der Waals surface area contributed by atoms with Crippen LogP contribution in [0.2, 0.25) is 5.15 Å². The Hall–Kier alpha value is -2.78. The number of halogens is 1. The van der Waals surface area contributed by atoms with Gasteiger partial charge in [-0.05, 0) is 62.8 Å². The summed E-state index contributed by atoms with van der Waals surface area (Å²) >= 11 is 6.38. The van der Waals surface area contributed by atoms with E-state index >= 15 is 0 Å². The fourth-order valence-corrected chi connectivity index (χ4v) is 6.16. The van der Waals surface area contributed by atoms with E-state index in [1.165, 1.54) is 11.9 Å². The van der Waals surface area contributed by atoms with Crippen LogP contribution < -0.4 is 5.32 Å². The number of aliphatic hydroxyl groups is 1. The quantitative estimate of drug-likeness (QED) is 0.359. The number of anilines is 1. The van der Waals surface area contributed by atoms with Crippen molar-refractivity contribution in [2.75, 3.05) is 12.4 Å². The molecule has 0 spiro atoms. The number of hydrogen-bond acceptors (Lipinski definition) is 7. The number of aromatic nitrogens is 4. The topological polar surface area (TPSA) is 94.3 Å².